The first-order valence-corrected chi connectivity index (χ1v) is 7.39. The van der Waals surface area contributed by atoms with Crippen LogP contribution in [0.15, 0.2) is 6.20 Å². The number of aromatic nitrogens is 3. The van der Waals surface area contributed by atoms with E-state index in [0.717, 1.165) is 13.0 Å². The molecule has 2 heterocycles. The molecule has 7 heteroatoms. The van der Waals surface area contributed by atoms with E-state index < -0.39 is 5.97 Å². The topological polar surface area (TPSA) is 88.3 Å². The van der Waals surface area contributed by atoms with E-state index in [1.807, 2.05) is 0 Å². The van der Waals surface area contributed by atoms with Crippen LogP contribution in [0.2, 0.25) is 0 Å². The van der Waals surface area contributed by atoms with Crippen molar-refractivity contribution in [3.8, 4) is 0 Å². The number of amides is 1. The van der Waals surface area contributed by atoms with Crippen molar-refractivity contribution in [2.75, 3.05) is 13.1 Å². The molecule has 1 aliphatic heterocycles. The second kappa shape index (κ2) is 6.69. The van der Waals surface area contributed by atoms with Gasteiger partial charge in [0.25, 0.3) is 5.91 Å². The molecule has 2 rings (SSSR count). The number of carboxylic acids is 1. The number of carboxylic acid groups (broad SMARTS) is 1. The number of carbonyl (C=O) groups excluding carboxylic acids is 1. The van der Waals surface area contributed by atoms with Gasteiger partial charge >= 0.3 is 5.97 Å². The first-order chi connectivity index (χ1) is 9.97. The normalized spacial score (nSPS) is 16.4. The SMILES string of the molecule is CC(C)CCn1cc(C(=O)N2CCC(C(=O)O)CC2)nn1. The molecule has 7 nitrogen and oxygen atoms in total. The molecule has 0 aromatic carbocycles. The van der Waals surface area contributed by atoms with E-state index in [-0.39, 0.29) is 11.8 Å². The van der Waals surface area contributed by atoms with Gasteiger partial charge < -0.3 is 10.0 Å². The minimum atomic E-state index is -0.776. The Morgan fingerprint density at radius 1 is 1.38 bits per heavy atom. The van der Waals surface area contributed by atoms with E-state index in [2.05, 4.69) is 24.2 Å². The van der Waals surface area contributed by atoms with Crippen molar-refractivity contribution in [2.45, 2.75) is 39.7 Å². The summed E-state index contributed by atoms with van der Waals surface area (Å²) in [6.45, 7) is 5.95. The lowest BCUT2D eigenvalue weighted by atomic mass is 9.97. The zero-order valence-electron chi connectivity index (χ0n) is 12.5. The van der Waals surface area contributed by atoms with E-state index >= 15 is 0 Å². The monoisotopic (exact) mass is 294 g/mol. The molecule has 1 saturated heterocycles. The largest absolute Gasteiger partial charge is 0.481 e. The van der Waals surface area contributed by atoms with E-state index in [0.29, 0.717) is 37.5 Å². The molecule has 0 spiro atoms. The van der Waals surface area contributed by atoms with Crippen molar-refractivity contribution in [1.82, 2.24) is 19.9 Å². The van der Waals surface area contributed by atoms with Gasteiger partial charge in [-0.1, -0.05) is 19.1 Å². The summed E-state index contributed by atoms with van der Waals surface area (Å²) in [6, 6.07) is 0. The molecule has 1 N–H and O–H groups in total. The van der Waals surface area contributed by atoms with Gasteiger partial charge in [-0.2, -0.15) is 0 Å². The number of carbonyl (C=O) groups is 2. The molecule has 1 aromatic rings. The maximum absolute atomic E-state index is 12.3. The van der Waals surface area contributed by atoms with Gasteiger partial charge in [-0.05, 0) is 25.2 Å². The molecule has 116 valence electrons. The molecule has 0 aliphatic carbocycles. The number of rotatable bonds is 5. The second-order valence-electron chi connectivity index (χ2n) is 5.95. The molecule has 0 atom stereocenters. The molecule has 1 fully saturated rings. The highest BCUT2D eigenvalue weighted by molar-refractivity contribution is 5.92. The quantitative estimate of drug-likeness (QED) is 0.883. The van der Waals surface area contributed by atoms with Crippen LogP contribution in [0.3, 0.4) is 0 Å². The predicted molar refractivity (Wildman–Crippen MR) is 75.7 cm³/mol. The second-order valence-corrected chi connectivity index (χ2v) is 5.95. The number of hydrogen-bond donors (Lipinski definition) is 1. The van der Waals surface area contributed by atoms with Gasteiger partial charge in [-0.3, -0.25) is 14.3 Å². The molecular formula is C14H22N4O3. The Morgan fingerprint density at radius 2 is 2.05 bits per heavy atom. The van der Waals surface area contributed by atoms with E-state index in [4.69, 9.17) is 5.11 Å². The summed E-state index contributed by atoms with van der Waals surface area (Å²) in [7, 11) is 0. The highest BCUT2D eigenvalue weighted by atomic mass is 16.4. The van der Waals surface area contributed by atoms with Crippen LogP contribution in [0.5, 0.6) is 0 Å². The third-order valence-corrected chi connectivity index (χ3v) is 3.82. The Labute approximate surface area is 123 Å². The van der Waals surface area contributed by atoms with Crippen molar-refractivity contribution < 1.29 is 14.7 Å². The van der Waals surface area contributed by atoms with Crippen LogP contribution in [0.1, 0.15) is 43.6 Å². The zero-order valence-corrected chi connectivity index (χ0v) is 12.5. The lowest BCUT2D eigenvalue weighted by molar-refractivity contribution is -0.143. The van der Waals surface area contributed by atoms with Crippen molar-refractivity contribution in [1.29, 1.82) is 0 Å². The maximum Gasteiger partial charge on any atom is 0.306 e. The lowest BCUT2D eigenvalue weighted by Crippen LogP contribution is -2.40. The van der Waals surface area contributed by atoms with Gasteiger partial charge in [0, 0.05) is 19.6 Å². The van der Waals surface area contributed by atoms with Crippen LogP contribution < -0.4 is 0 Å². The summed E-state index contributed by atoms with van der Waals surface area (Å²) in [4.78, 5) is 24.9. The van der Waals surface area contributed by atoms with Gasteiger partial charge in [0.1, 0.15) is 0 Å². The highest BCUT2D eigenvalue weighted by Gasteiger charge is 2.28. The molecule has 0 bridgehead atoms. The summed E-state index contributed by atoms with van der Waals surface area (Å²) >= 11 is 0. The minimum Gasteiger partial charge on any atom is -0.481 e. The van der Waals surface area contributed by atoms with Crippen LogP contribution >= 0.6 is 0 Å². The number of hydrogen-bond acceptors (Lipinski definition) is 4. The van der Waals surface area contributed by atoms with E-state index in [1.54, 1.807) is 15.8 Å². The van der Waals surface area contributed by atoms with Crippen LogP contribution in [-0.4, -0.2) is 50.0 Å². The molecule has 1 aromatic heterocycles. The fourth-order valence-corrected chi connectivity index (χ4v) is 2.39. The van der Waals surface area contributed by atoms with Crippen LogP contribution in [0.4, 0.5) is 0 Å². The molecule has 0 radical (unpaired) electrons. The summed E-state index contributed by atoms with van der Waals surface area (Å²) in [5, 5.41) is 16.9. The molecule has 1 amide bonds. The van der Waals surface area contributed by atoms with Gasteiger partial charge in [0.05, 0.1) is 12.1 Å². The first-order valence-electron chi connectivity index (χ1n) is 7.39. The van der Waals surface area contributed by atoms with Gasteiger partial charge in [0.15, 0.2) is 5.69 Å². The Balaban J connectivity index is 1.90. The number of likely N-dealkylation sites (tertiary alicyclic amines) is 1. The minimum absolute atomic E-state index is 0.158. The third kappa shape index (κ3) is 4.03. The molecule has 21 heavy (non-hydrogen) atoms. The number of aryl methyl sites for hydroxylation is 1. The van der Waals surface area contributed by atoms with Crippen molar-refractivity contribution in [3.05, 3.63) is 11.9 Å². The van der Waals surface area contributed by atoms with Crippen molar-refractivity contribution in [2.24, 2.45) is 11.8 Å². The summed E-state index contributed by atoms with van der Waals surface area (Å²) < 4.78 is 1.69. The number of piperidine rings is 1. The Hall–Kier alpha value is -1.92. The van der Waals surface area contributed by atoms with Crippen molar-refractivity contribution in [3.63, 3.8) is 0 Å². The summed E-state index contributed by atoms with van der Waals surface area (Å²) in [5.41, 5.74) is 0.340. The average molecular weight is 294 g/mol. The van der Waals surface area contributed by atoms with Gasteiger partial charge in [-0.15, -0.1) is 5.10 Å². The molecule has 0 unspecified atom stereocenters. The average Bonchev–Trinajstić information content (AvgIpc) is 2.93. The fourth-order valence-electron chi connectivity index (χ4n) is 2.39. The maximum atomic E-state index is 12.3. The summed E-state index contributed by atoms with van der Waals surface area (Å²) in [5.74, 6) is -0.699. The van der Waals surface area contributed by atoms with Gasteiger partial charge in [0.2, 0.25) is 0 Å². The van der Waals surface area contributed by atoms with Crippen molar-refractivity contribution >= 4 is 11.9 Å². The van der Waals surface area contributed by atoms with E-state index in [9.17, 15) is 9.59 Å². The zero-order chi connectivity index (χ0) is 15.4. The summed E-state index contributed by atoms with van der Waals surface area (Å²) in [6.07, 6.45) is 3.67. The fraction of sp³-hybridized carbons (Fsp3) is 0.714. The predicted octanol–water partition coefficient (Wildman–Crippen LogP) is 1.26. The lowest BCUT2D eigenvalue weighted by Gasteiger charge is -2.29. The standard InChI is InChI=1S/C14H22N4O3/c1-10(2)3-8-18-9-12(15-16-18)13(19)17-6-4-11(5-7-17)14(20)21/h9-11H,3-8H2,1-2H3,(H,20,21). The smallest absolute Gasteiger partial charge is 0.306 e. The number of nitrogens with zero attached hydrogens (tertiary/aromatic N) is 4. The molecular weight excluding hydrogens is 272 g/mol. The highest BCUT2D eigenvalue weighted by Crippen LogP contribution is 2.18. The third-order valence-electron chi connectivity index (χ3n) is 3.82. The van der Waals surface area contributed by atoms with Gasteiger partial charge in [-0.25, -0.2) is 0 Å². The Bertz CT molecular complexity index is 504. The molecule has 0 saturated carbocycles. The van der Waals surface area contributed by atoms with Crippen LogP contribution in [0.25, 0.3) is 0 Å². The first kappa shape index (κ1) is 15.5. The number of aliphatic carboxylic acids is 1. The van der Waals surface area contributed by atoms with Crippen LogP contribution in [-0.2, 0) is 11.3 Å². The van der Waals surface area contributed by atoms with E-state index in [1.165, 1.54) is 0 Å². The Kier molecular flexibility index (Phi) is 4.93. The molecule has 1 aliphatic rings. The Morgan fingerprint density at radius 3 is 2.62 bits per heavy atom. The van der Waals surface area contributed by atoms with Crippen LogP contribution in [0, 0.1) is 11.8 Å².